The summed E-state index contributed by atoms with van der Waals surface area (Å²) in [5, 5.41) is 3.63. The molecule has 40 heavy (non-hydrogen) atoms. The molecule has 10 heteroatoms. The zero-order valence-corrected chi connectivity index (χ0v) is 25.3. The molecule has 0 saturated heterocycles. The molecule has 0 aromatic heterocycles. The number of para-hydroxylation sites is 1. The van der Waals surface area contributed by atoms with Gasteiger partial charge in [-0.1, -0.05) is 77.8 Å². The van der Waals surface area contributed by atoms with Crippen LogP contribution in [0.25, 0.3) is 0 Å². The number of benzene rings is 3. The van der Waals surface area contributed by atoms with Crippen LogP contribution in [0.3, 0.4) is 0 Å². The number of aryl methyl sites for hydroxylation is 1. The van der Waals surface area contributed by atoms with E-state index in [0.717, 1.165) is 17.4 Å². The Balaban J connectivity index is 1.91. The van der Waals surface area contributed by atoms with Crippen molar-refractivity contribution in [1.29, 1.82) is 0 Å². The van der Waals surface area contributed by atoms with Gasteiger partial charge in [0.2, 0.25) is 21.8 Å². The van der Waals surface area contributed by atoms with E-state index in [1.54, 1.807) is 30.3 Å². The maximum Gasteiger partial charge on any atom is 0.243 e. The van der Waals surface area contributed by atoms with Gasteiger partial charge in [0.25, 0.3) is 0 Å². The van der Waals surface area contributed by atoms with Gasteiger partial charge in [-0.25, -0.2) is 8.42 Å². The van der Waals surface area contributed by atoms with Gasteiger partial charge in [0.15, 0.2) is 0 Å². The van der Waals surface area contributed by atoms with Gasteiger partial charge in [0, 0.05) is 48.1 Å². The van der Waals surface area contributed by atoms with Crippen LogP contribution >= 0.6 is 23.2 Å². The predicted octanol–water partition coefficient (Wildman–Crippen LogP) is 5.62. The highest BCUT2D eigenvalue weighted by molar-refractivity contribution is 7.92. The van der Waals surface area contributed by atoms with Crippen molar-refractivity contribution in [2.75, 3.05) is 23.7 Å². The molecule has 0 radical (unpaired) electrons. The molecule has 7 nitrogen and oxygen atoms in total. The highest BCUT2D eigenvalue weighted by Crippen LogP contribution is 2.28. The Bertz CT molecular complexity index is 1400. The number of carbonyl (C=O) groups is 2. The summed E-state index contributed by atoms with van der Waals surface area (Å²) in [7, 11) is -3.59. The Morgan fingerprint density at radius 3 is 2.15 bits per heavy atom. The van der Waals surface area contributed by atoms with Gasteiger partial charge in [0.05, 0.1) is 11.9 Å². The number of rotatable bonds is 13. The van der Waals surface area contributed by atoms with E-state index in [1.165, 1.54) is 9.21 Å². The monoisotopic (exact) mass is 603 g/mol. The number of carbonyl (C=O) groups excluding carboxylic acids is 2. The van der Waals surface area contributed by atoms with Gasteiger partial charge >= 0.3 is 0 Å². The molecule has 1 unspecified atom stereocenters. The SMILES string of the molecule is CCNC(=O)C(Cc1ccccc1)N(Cc1c(Cl)cccc1Cl)C(=O)CCCN(c1ccccc1C)S(C)(=O)=O. The number of hydrogen-bond acceptors (Lipinski definition) is 4. The van der Waals surface area contributed by atoms with E-state index < -0.39 is 16.1 Å². The Labute approximate surface area is 247 Å². The highest BCUT2D eigenvalue weighted by Gasteiger charge is 2.31. The number of nitrogens with one attached hydrogen (secondary N) is 1. The molecule has 0 aliphatic heterocycles. The third kappa shape index (κ3) is 8.46. The maximum atomic E-state index is 13.8. The molecule has 1 atom stereocenters. The molecule has 0 aliphatic rings. The molecule has 0 fully saturated rings. The summed E-state index contributed by atoms with van der Waals surface area (Å²) in [6, 6.07) is 20.9. The number of nitrogens with zero attached hydrogens (tertiary/aromatic N) is 2. The van der Waals surface area contributed by atoms with E-state index in [9.17, 15) is 18.0 Å². The van der Waals surface area contributed by atoms with Crippen LogP contribution in [0.5, 0.6) is 0 Å². The third-order valence-corrected chi connectivity index (χ3v) is 8.44. The van der Waals surface area contributed by atoms with Gasteiger partial charge in [0.1, 0.15) is 6.04 Å². The van der Waals surface area contributed by atoms with Crippen LogP contribution in [0.2, 0.25) is 10.0 Å². The second-order valence-electron chi connectivity index (χ2n) is 9.55. The molecule has 0 spiro atoms. The van der Waals surface area contributed by atoms with Gasteiger partial charge in [-0.05, 0) is 49.6 Å². The lowest BCUT2D eigenvalue weighted by Gasteiger charge is -2.32. The second kappa shape index (κ2) is 14.5. The smallest absolute Gasteiger partial charge is 0.243 e. The minimum atomic E-state index is -3.59. The molecule has 214 valence electrons. The van der Waals surface area contributed by atoms with Crippen LogP contribution in [0.4, 0.5) is 5.69 Å². The van der Waals surface area contributed by atoms with Crippen LogP contribution in [-0.4, -0.2) is 50.5 Å². The van der Waals surface area contributed by atoms with Crippen molar-refractivity contribution in [3.05, 3.63) is 99.5 Å². The molecule has 0 heterocycles. The third-order valence-electron chi connectivity index (χ3n) is 6.55. The number of likely N-dealkylation sites (N-methyl/N-ethyl adjacent to an activating group) is 1. The maximum absolute atomic E-state index is 13.8. The number of hydrogen-bond donors (Lipinski definition) is 1. The molecule has 2 amide bonds. The van der Waals surface area contributed by atoms with Gasteiger partial charge in [-0.15, -0.1) is 0 Å². The van der Waals surface area contributed by atoms with E-state index >= 15 is 0 Å². The lowest BCUT2D eigenvalue weighted by Crippen LogP contribution is -2.50. The average molecular weight is 605 g/mol. The van der Waals surface area contributed by atoms with Crippen molar-refractivity contribution in [2.45, 2.75) is 45.7 Å². The molecule has 3 aromatic rings. The van der Waals surface area contributed by atoms with E-state index in [2.05, 4.69) is 5.32 Å². The van der Waals surface area contributed by atoms with Gasteiger partial charge in [-0.3, -0.25) is 13.9 Å². The Kier molecular flexibility index (Phi) is 11.4. The number of halogens is 2. The summed E-state index contributed by atoms with van der Waals surface area (Å²) < 4.78 is 26.6. The van der Waals surface area contributed by atoms with Crippen molar-refractivity contribution in [3.8, 4) is 0 Å². The standard InChI is InChI=1S/C30H35Cl2N3O4S/c1-4-33-30(37)28(20-23-13-6-5-7-14-23)34(21-24-25(31)15-10-16-26(24)32)29(36)18-11-19-35(40(3,38)39)27-17-9-8-12-22(27)2/h5-10,12-17,28H,4,11,18-21H2,1-3H3,(H,33,37). The van der Waals surface area contributed by atoms with Crippen molar-refractivity contribution in [1.82, 2.24) is 10.2 Å². The van der Waals surface area contributed by atoms with Crippen LogP contribution in [0.1, 0.15) is 36.5 Å². The van der Waals surface area contributed by atoms with E-state index in [4.69, 9.17) is 23.2 Å². The fourth-order valence-corrected chi connectivity index (χ4v) is 6.07. The normalized spacial score (nSPS) is 12.0. The molecule has 0 aliphatic carbocycles. The summed E-state index contributed by atoms with van der Waals surface area (Å²) in [5.74, 6) is -0.595. The second-order valence-corrected chi connectivity index (χ2v) is 12.3. The van der Waals surface area contributed by atoms with E-state index in [1.807, 2.05) is 56.3 Å². The molecule has 1 N–H and O–H groups in total. The molecular weight excluding hydrogens is 569 g/mol. The number of sulfonamides is 1. The predicted molar refractivity (Wildman–Crippen MR) is 162 cm³/mol. The first-order valence-electron chi connectivity index (χ1n) is 13.1. The lowest BCUT2D eigenvalue weighted by molar-refractivity contribution is -0.141. The molecular formula is C30H35Cl2N3O4S. The van der Waals surface area contributed by atoms with Gasteiger partial charge in [-0.2, -0.15) is 0 Å². The summed E-state index contributed by atoms with van der Waals surface area (Å²) in [6.07, 6.45) is 1.71. The summed E-state index contributed by atoms with van der Waals surface area (Å²) in [4.78, 5) is 28.7. The largest absolute Gasteiger partial charge is 0.355 e. The lowest BCUT2D eigenvalue weighted by atomic mass is 10.0. The minimum Gasteiger partial charge on any atom is -0.355 e. The van der Waals surface area contributed by atoms with Crippen molar-refractivity contribution >= 4 is 50.7 Å². The average Bonchev–Trinajstić information content (AvgIpc) is 2.90. The fraction of sp³-hybridized carbons (Fsp3) is 0.333. The highest BCUT2D eigenvalue weighted by atomic mass is 35.5. The molecule has 3 rings (SSSR count). The van der Waals surface area contributed by atoms with Crippen LogP contribution in [0, 0.1) is 6.92 Å². The zero-order valence-electron chi connectivity index (χ0n) is 22.9. The van der Waals surface area contributed by atoms with Crippen molar-refractivity contribution < 1.29 is 18.0 Å². The zero-order chi connectivity index (χ0) is 29.3. The van der Waals surface area contributed by atoms with Crippen LogP contribution < -0.4 is 9.62 Å². The quantitative estimate of drug-likeness (QED) is 0.274. The van der Waals surface area contributed by atoms with Crippen molar-refractivity contribution in [3.63, 3.8) is 0 Å². The summed E-state index contributed by atoms with van der Waals surface area (Å²) in [5.41, 5.74) is 2.82. The van der Waals surface area contributed by atoms with Crippen LogP contribution in [-0.2, 0) is 32.6 Å². The minimum absolute atomic E-state index is 0.0185. The van der Waals surface area contributed by atoms with E-state index in [0.29, 0.717) is 34.3 Å². The summed E-state index contributed by atoms with van der Waals surface area (Å²) >= 11 is 12.9. The number of amides is 2. The van der Waals surface area contributed by atoms with E-state index in [-0.39, 0.29) is 37.7 Å². The van der Waals surface area contributed by atoms with Gasteiger partial charge < -0.3 is 10.2 Å². The van der Waals surface area contributed by atoms with Crippen LogP contribution in [0.15, 0.2) is 72.8 Å². The molecule has 3 aromatic carbocycles. The Morgan fingerprint density at radius 2 is 1.55 bits per heavy atom. The fourth-order valence-electron chi connectivity index (χ4n) is 4.53. The first-order valence-corrected chi connectivity index (χ1v) is 15.7. The first kappa shape index (κ1) is 31.5. The number of anilines is 1. The first-order chi connectivity index (χ1) is 19.0. The molecule has 0 saturated carbocycles. The van der Waals surface area contributed by atoms with Crippen molar-refractivity contribution in [2.24, 2.45) is 0 Å². The summed E-state index contributed by atoms with van der Waals surface area (Å²) in [6.45, 7) is 4.20. The topological polar surface area (TPSA) is 86.8 Å². The Morgan fingerprint density at radius 1 is 0.925 bits per heavy atom. The Hall–Kier alpha value is -3.07. The molecule has 0 bridgehead atoms.